The van der Waals surface area contributed by atoms with E-state index < -0.39 is 5.97 Å². The molecular formula is C26H18N2O3. The maximum absolute atomic E-state index is 13.3. The Bertz CT molecular complexity index is 1320. The molecule has 0 unspecified atom stereocenters. The fraction of sp³-hybridized carbons (Fsp3) is 0.0385. The maximum Gasteiger partial charge on any atom is 0.365 e. The van der Waals surface area contributed by atoms with Crippen molar-refractivity contribution in [3.05, 3.63) is 114 Å². The third-order valence-electron chi connectivity index (χ3n) is 5.34. The molecule has 0 saturated carbocycles. The number of nitrogens with zero attached hydrogens (tertiary/aromatic N) is 2. The molecule has 0 bridgehead atoms. The second-order valence-electron chi connectivity index (χ2n) is 7.23. The normalized spacial score (nSPS) is 14.1. The second-order valence-corrected chi connectivity index (χ2v) is 7.23. The maximum atomic E-state index is 13.3. The van der Waals surface area contributed by atoms with Crippen LogP contribution in [0, 0.1) is 0 Å². The van der Waals surface area contributed by atoms with Gasteiger partial charge in [-0.05, 0) is 34.5 Å². The Morgan fingerprint density at radius 1 is 0.806 bits per heavy atom. The van der Waals surface area contributed by atoms with Crippen LogP contribution in [0.2, 0.25) is 0 Å². The van der Waals surface area contributed by atoms with Gasteiger partial charge in [0.1, 0.15) is 0 Å². The number of anilines is 1. The van der Waals surface area contributed by atoms with Gasteiger partial charge in [0.25, 0.3) is 5.91 Å². The highest BCUT2D eigenvalue weighted by Crippen LogP contribution is 2.32. The van der Waals surface area contributed by atoms with Gasteiger partial charge in [0, 0.05) is 5.56 Å². The van der Waals surface area contributed by atoms with Crippen molar-refractivity contribution in [2.24, 2.45) is 5.16 Å². The van der Waals surface area contributed by atoms with E-state index in [0.717, 1.165) is 22.0 Å². The number of rotatable bonds is 4. The minimum atomic E-state index is -0.606. The van der Waals surface area contributed by atoms with E-state index in [1.54, 1.807) is 29.2 Å². The van der Waals surface area contributed by atoms with Gasteiger partial charge < -0.3 is 9.74 Å². The number of carbonyl (C=O) groups excluding carboxylic acids is 2. The molecule has 150 valence electrons. The first kappa shape index (κ1) is 18.8. The molecule has 0 fully saturated rings. The Balaban J connectivity index is 1.48. The van der Waals surface area contributed by atoms with Crippen molar-refractivity contribution in [2.75, 3.05) is 4.90 Å². The van der Waals surface area contributed by atoms with Crippen molar-refractivity contribution in [1.29, 1.82) is 0 Å². The summed E-state index contributed by atoms with van der Waals surface area (Å²) in [7, 11) is 0. The van der Waals surface area contributed by atoms with Gasteiger partial charge in [-0.15, -0.1) is 0 Å². The first-order valence-corrected chi connectivity index (χ1v) is 9.94. The zero-order valence-electron chi connectivity index (χ0n) is 16.6. The summed E-state index contributed by atoms with van der Waals surface area (Å²) in [6.45, 7) is 0.392. The molecule has 0 spiro atoms. The van der Waals surface area contributed by atoms with E-state index in [1.165, 1.54) is 0 Å². The largest absolute Gasteiger partial charge is 0.365 e. The van der Waals surface area contributed by atoms with Crippen LogP contribution < -0.4 is 4.90 Å². The van der Waals surface area contributed by atoms with Crippen LogP contribution in [0.4, 0.5) is 5.69 Å². The number of amides is 1. The molecule has 0 saturated heterocycles. The van der Waals surface area contributed by atoms with E-state index in [9.17, 15) is 9.59 Å². The molecule has 4 aromatic rings. The highest BCUT2D eigenvalue weighted by Gasteiger charge is 2.35. The van der Waals surface area contributed by atoms with E-state index in [4.69, 9.17) is 4.84 Å². The molecular weight excluding hydrogens is 388 g/mol. The second kappa shape index (κ2) is 7.88. The van der Waals surface area contributed by atoms with Crippen LogP contribution in [-0.2, 0) is 16.2 Å². The van der Waals surface area contributed by atoms with E-state index in [0.29, 0.717) is 17.7 Å². The van der Waals surface area contributed by atoms with Crippen LogP contribution in [0.25, 0.3) is 10.8 Å². The summed E-state index contributed by atoms with van der Waals surface area (Å²) >= 11 is 0. The van der Waals surface area contributed by atoms with Crippen molar-refractivity contribution < 1.29 is 14.4 Å². The molecule has 5 nitrogen and oxygen atoms in total. The third kappa shape index (κ3) is 3.46. The molecule has 31 heavy (non-hydrogen) atoms. The number of carbonyl (C=O) groups is 2. The topological polar surface area (TPSA) is 59.0 Å². The SMILES string of the molecule is O=C(ON=C1C(=O)N(Cc2cccc3ccccc23)c2ccccc21)c1ccccc1. The predicted octanol–water partition coefficient (Wildman–Crippen LogP) is 4.95. The number of oxime groups is 1. The van der Waals surface area contributed by atoms with Gasteiger partial charge >= 0.3 is 5.97 Å². The minimum absolute atomic E-state index is 0.125. The van der Waals surface area contributed by atoms with Crippen LogP contribution in [0.5, 0.6) is 0 Å². The summed E-state index contributed by atoms with van der Waals surface area (Å²) < 4.78 is 0. The average molecular weight is 406 g/mol. The van der Waals surface area contributed by atoms with Gasteiger partial charge in [0.05, 0.1) is 17.8 Å². The summed E-state index contributed by atoms with van der Waals surface area (Å²) in [4.78, 5) is 32.3. The molecule has 4 aromatic carbocycles. The third-order valence-corrected chi connectivity index (χ3v) is 5.34. The van der Waals surface area contributed by atoms with Crippen molar-refractivity contribution in [3.8, 4) is 0 Å². The molecule has 1 amide bonds. The lowest BCUT2D eigenvalue weighted by Gasteiger charge is -2.18. The lowest BCUT2D eigenvalue weighted by Crippen LogP contribution is -2.30. The van der Waals surface area contributed by atoms with E-state index in [1.807, 2.05) is 60.7 Å². The fourth-order valence-electron chi connectivity index (χ4n) is 3.82. The van der Waals surface area contributed by atoms with Gasteiger partial charge in [-0.3, -0.25) is 4.79 Å². The van der Waals surface area contributed by atoms with Gasteiger partial charge in [-0.25, -0.2) is 4.79 Å². The highest BCUT2D eigenvalue weighted by molar-refractivity contribution is 6.54. The quantitative estimate of drug-likeness (QED) is 0.356. The molecule has 0 aromatic heterocycles. The van der Waals surface area contributed by atoms with Crippen molar-refractivity contribution in [3.63, 3.8) is 0 Å². The predicted molar refractivity (Wildman–Crippen MR) is 120 cm³/mol. The zero-order chi connectivity index (χ0) is 21.2. The van der Waals surface area contributed by atoms with Crippen LogP contribution in [0.15, 0.2) is 102 Å². The smallest absolute Gasteiger partial charge is 0.312 e. The van der Waals surface area contributed by atoms with Crippen LogP contribution in [0.3, 0.4) is 0 Å². The summed E-state index contributed by atoms with van der Waals surface area (Å²) in [6.07, 6.45) is 0. The number of para-hydroxylation sites is 1. The van der Waals surface area contributed by atoms with Gasteiger partial charge in [-0.1, -0.05) is 84.0 Å². The molecule has 1 aliphatic rings. The molecule has 5 rings (SSSR count). The Morgan fingerprint density at radius 2 is 1.52 bits per heavy atom. The standard InChI is InChI=1S/C26H18N2O3/c29-25-24(27-31-26(30)19-10-2-1-3-11-19)22-15-6-7-16-23(22)28(25)17-20-13-8-12-18-9-4-5-14-21(18)20/h1-16H,17H2. The Labute approximate surface area is 179 Å². The van der Waals surface area contributed by atoms with Crippen LogP contribution in [-0.4, -0.2) is 17.6 Å². The van der Waals surface area contributed by atoms with Crippen molar-refractivity contribution in [1.82, 2.24) is 0 Å². The average Bonchev–Trinajstić information content (AvgIpc) is 3.09. The van der Waals surface area contributed by atoms with E-state index in [2.05, 4.69) is 17.3 Å². The first-order valence-electron chi connectivity index (χ1n) is 9.94. The minimum Gasteiger partial charge on any atom is -0.312 e. The first-order chi connectivity index (χ1) is 15.2. The summed E-state index contributed by atoms with van der Waals surface area (Å²) in [5, 5.41) is 6.16. The van der Waals surface area contributed by atoms with Crippen molar-refractivity contribution >= 4 is 34.0 Å². The molecule has 1 heterocycles. The molecule has 0 radical (unpaired) electrons. The fourth-order valence-corrected chi connectivity index (χ4v) is 3.82. The van der Waals surface area contributed by atoms with Crippen LogP contribution >= 0.6 is 0 Å². The number of hydrogen-bond acceptors (Lipinski definition) is 4. The Hall–Kier alpha value is -4.25. The zero-order valence-corrected chi connectivity index (χ0v) is 16.6. The van der Waals surface area contributed by atoms with E-state index in [-0.39, 0.29) is 11.6 Å². The lowest BCUT2D eigenvalue weighted by atomic mass is 10.0. The van der Waals surface area contributed by atoms with E-state index >= 15 is 0 Å². The lowest BCUT2D eigenvalue weighted by molar-refractivity contribution is -0.112. The monoisotopic (exact) mass is 406 g/mol. The van der Waals surface area contributed by atoms with Gasteiger partial charge in [0.15, 0.2) is 5.71 Å². The highest BCUT2D eigenvalue weighted by atomic mass is 16.7. The molecule has 5 heteroatoms. The van der Waals surface area contributed by atoms with Gasteiger partial charge in [0.2, 0.25) is 0 Å². The number of benzene rings is 4. The molecule has 0 N–H and O–H groups in total. The summed E-state index contributed by atoms with van der Waals surface area (Å²) in [5.74, 6) is -0.902. The molecule has 0 atom stereocenters. The van der Waals surface area contributed by atoms with Crippen molar-refractivity contribution in [2.45, 2.75) is 6.54 Å². The Morgan fingerprint density at radius 3 is 2.39 bits per heavy atom. The number of hydrogen-bond donors (Lipinski definition) is 0. The molecule has 0 aliphatic carbocycles. The van der Waals surface area contributed by atoms with Crippen LogP contribution in [0.1, 0.15) is 21.5 Å². The number of fused-ring (bicyclic) bond motifs is 2. The summed E-state index contributed by atoms with van der Waals surface area (Å²) in [5.41, 5.74) is 2.92. The summed E-state index contributed by atoms with van der Waals surface area (Å²) in [6, 6.07) is 30.1. The van der Waals surface area contributed by atoms with Gasteiger partial charge in [-0.2, -0.15) is 0 Å². The Kier molecular flexibility index (Phi) is 4.77. The molecule has 1 aliphatic heterocycles.